The fraction of sp³-hybridized carbons (Fsp3) is 0.625. The number of aryl methyl sites for hydroxylation is 1. The maximum atomic E-state index is 5.54. The number of rotatable bonds is 5. The van der Waals surface area contributed by atoms with E-state index in [0.29, 0.717) is 13.2 Å². The van der Waals surface area contributed by atoms with Crippen molar-refractivity contribution in [2.75, 3.05) is 25.6 Å². The van der Waals surface area contributed by atoms with Gasteiger partial charge in [0.15, 0.2) is 5.13 Å². The van der Waals surface area contributed by atoms with Gasteiger partial charge in [-0.1, -0.05) is 0 Å². The van der Waals surface area contributed by atoms with Crippen LogP contribution in [0.15, 0.2) is 0 Å². The van der Waals surface area contributed by atoms with Gasteiger partial charge in [0.1, 0.15) is 0 Å². The first-order valence-corrected chi connectivity index (χ1v) is 4.98. The summed E-state index contributed by atoms with van der Waals surface area (Å²) in [7, 11) is 1.68. The van der Waals surface area contributed by atoms with E-state index in [1.807, 2.05) is 6.92 Å². The van der Waals surface area contributed by atoms with E-state index in [-0.39, 0.29) is 0 Å². The van der Waals surface area contributed by atoms with Gasteiger partial charge in [-0.3, -0.25) is 0 Å². The molecule has 0 amide bonds. The first kappa shape index (κ1) is 10.4. The lowest BCUT2D eigenvalue weighted by molar-refractivity contribution is 0.211. The van der Waals surface area contributed by atoms with Crippen LogP contribution in [0.2, 0.25) is 0 Å². The van der Waals surface area contributed by atoms with E-state index >= 15 is 0 Å². The number of ether oxygens (including phenoxy) is 1. The SMILES string of the molecule is COCCNc1nc(C)c(CN)s1. The number of nitrogens with one attached hydrogen (secondary N) is 1. The topological polar surface area (TPSA) is 60.2 Å². The molecule has 1 aromatic rings. The third-order valence-electron chi connectivity index (χ3n) is 1.66. The van der Waals surface area contributed by atoms with Crippen molar-refractivity contribution in [1.29, 1.82) is 0 Å². The third-order valence-corrected chi connectivity index (χ3v) is 2.80. The molecule has 0 radical (unpaired) electrons. The van der Waals surface area contributed by atoms with Gasteiger partial charge in [-0.05, 0) is 6.92 Å². The van der Waals surface area contributed by atoms with Crippen molar-refractivity contribution in [3.8, 4) is 0 Å². The summed E-state index contributed by atoms with van der Waals surface area (Å²) in [6.07, 6.45) is 0. The lowest BCUT2D eigenvalue weighted by Crippen LogP contribution is -2.06. The molecular weight excluding hydrogens is 186 g/mol. The van der Waals surface area contributed by atoms with Crippen LogP contribution in [0.3, 0.4) is 0 Å². The van der Waals surface area contributed by atoms with Crippen LogP contribution < -0.4 is 11.1 Å². The quantitative estimate of drug-likeness (QED) is 0.697. The van der Waals surface area contributed by atoms with Crippen LogP contribution in [0.4, 0.5) is 5.13 Å². The molecule has 3 N–H and O–H groups in total. The fourth-order valence-corrected chi connectivity index (χ4v) is 1.82. The molecule has 1 rings (SSSR count). The predicted octanol–water partition coefficient (Wildman–Crippen LogP) is 0.969. The summed E-state index contributed by atoms with van der Waals surface area (Å²) in [6.45, 7) is 4.01. The average Bonchev–Trinajstić information content (AvgIpc) is 2.47. The number of thiazole rings is 1. The number of nitrogens with zero attached hydrogens (tertiary/aromatic N) is 1. The monoisotopic (exact) mass is 201 g/mol. The highest BCUT2D eigenvalue weighted by Gasteiger charge is 2.04. The maximum Gasteiger partial charge on any atom is 0.183 e. The lowest BCUT2D eigenvalue weighted by Gasteiger charge is -1.99. The molecular formula is C8H15N3OS. The summed E-state index contributed by atoms with van der Waals surface area (Å²) in [6, 6.07) is 0. The summed E-state index contributed by atoms with van der Waals surface area (Å²) < 4.78 is 4.92. The molecule has 4 nitrogen and oxygen atoms in total. The van der Waals surface area contributed by atoms with Crippen LogP contribution >= 0.6 is 11.3 Å². The molecule has 0 atom stereocenters. The Morgan fingerprint density at radius 1 is 1.62 bits per heavy atom. The highest BCUT2D eigenvalue weighted by atomic mass is 32.1. The Balaban J connectivity index is 2.48. The van der Waals surface area contributed by atoms with E-state index in [2.05, 4.69) is 10.3 Å². The zero-order valence-electron chi connectivity index (χ0n) is 7.96. The van der Waals surface area contributed by atoms with Crippen LogP contribution in [0.25, 0.3) is 0 Å². The van der Waals surface area contributed by atoms with Crippen molar-refractivity contribution in [1.82, 2.24) is 4.98 Å². The number of anilines is 1. The van der Waals surface area contributed by atoms with E-state index in [1.165, 1.54) is 0 Å². The third kappa shape index (κ3) is 2.95. The summed E-state index contributed by atoms with van der Waals surface area (Å²) in [5.74, 6) is 0. The van der Waals surface area contributed by atoms with Crippen LogP contribution in [-0.2, 0) is 11.3 Å². The smallest absolute Gasteiger partial charge is 0.183 e. The van der Waals surface area contributed by atoms with Crippen molar-refractivity contribution in [2.24, 2.45) is 5.73 Å². The van der Waals surface area contributed by atoms with E-state index in [9.17, 15) is 0 Å². The van der Waals surface area contributed by atoms with E-state index in [0.717, 1.165) is 22.2 Å². The molecule has 74 valence electrons. The minimum atomic E-state index is 0.565. The molecule has 0 fully saturated rings. The Labute approximate surface area is 82.1 Å². The predicted molar refractivity (Wildman–Crippen MR) is 55.1 cm³/mol. The minimum Gasteiger partial charge on any atom is -0.383 e. The Bertz CT molecular complexity index is 262. The zero-order valence-corrected chi connectivity index (χ0v) is 8.78. The molecule has 0 unspecified atom stereocenters. The van der Waals surface area contributed by atoms with Gasteiger partial charge < -0.3 is 15.8 Å². The fourth-order valence-electron chi connectivity index (χ4n) is 0.953. The molecule has 1 aromatic heterocycles. The second-order valence-electron chi connectivity index (χ2n) is 2.65. The van der Waals surface area contributed by atoms with Crippen molar-refractivity contribution in [3.05, 3.63) is 10.6 Å². The molecule has 0 saturated heterocycles. The van der Waals surface area contributed by atoms with Gasteiger partial charge in [0.05, 0.1) is 12.3 Å². The van der Waals surface area contributed by atoms with Crippen LogP contribution in [0.5, 0.6) is 0 Å². The largest absolute Gasteiger partial charge is 0.383 e. The number of hydrogen-bond donors (Lipinski definition) is 2. The second kappa shape index (κ2) is 5.16. The van der Waals surface area contributed by atoms with Crippen molar-refractivity contribution in [2.45, 2.75) is 13.5 Å². The van der Waals surface area contributed by atoms with Crippen molar-refractivity contribution >= 4 is 16.5 Å². The van der Waals surface area contributed by atoms with Gasteiger partial charge in [0.2, 0.25) is 0 Å². The molecule has 5 heteroatoms. The molecule has 0 bridgehead atoms. The number of aromatic nitrogens is 1. The van der Waals surface area contributed by atoms with E-state index in [4.69, 9.17) is 10.5 Å². The molecule has 1 heterocycles. The number of methoxy groups -OCH3 is 1. The summed E-state index contributed by atoms with van der Waals surface area (Å²) in [4.78, 5) is 5.46. The molecule has 0 aromatic carbocycles. The highest BCUT2D eigenvalue weighted by Crippen LogP contribution is 2.21. The van der Waals surface area contributed by atoms with Crippen LogP contribution in [-0.4, -0.2) is 25.2 Å². The molecule has 0 aliphatic rings. The summed E-state index contributed by atoms with van der Waals surface area (Å²) in [5.41, 5.74) is 6.56. The minimum absolute atomic E-state index is 0.565. The van der Waals surface area contributed by atoms with Gasteiger partial charge in [0.25, 0.3) is 0 Å². The summed E-state index contributed by atoms with van der Waals surface area (Å²) >= 11 is 1.61. The van der Waals surface area contributed by atoms with Gasteiger partial charge in [-0.25, -0.2) is 4.98 Å². The van der Waals surface area contributed by atoms with Crippen LogP contribution in [0, 0.1) is 6.92 Å². The number of nitrogens with two attached hydrogens (primary N) is 1. The first-order chi connectivity index (χ1) is 6.27. The summed E-state index contributed by atoms with van der Waals surface area (Å²) in [5, 5.41) is 4.09. The van der Waals surface area contributed by atoms with Crippen molar-refractivity contribution < 1.29 is 4.74 Å². The Kier molecular flexibility index (Phi) is 4.14. The van der Waals surface area contributed by atoms with Gasteiger partial charge in [-0.15, -0.1) is 11.3 Å². The normalized spacial score (nSPS) is 10.4. The zero-order chi connectivity index (χ0) is 9.68. The molecule has 0 aliphatic carbocycles. The second-order valence-corrected chi connectivity index (χ2v) is 3.73. The highest BCUT2D eigenvalue weighted by molar-refractivity contribution is 7.15. The van der Waals surface area contributed by atoms with Crippen molar-refractivity contribution in [3.63, 3.8) is 0 Å². The first-order valence-electron chi connectivity index (χ1n) is 4.17. The van der Waals surface area contributed by atoms with Crippen LogP contribution in [0.1, 0.15) is 10.6 Å². The van der Waals surface area contributed by atoms with Gasteiger partial charge in [0, 0.05) is 25.1 Å². The molecule has 0 saturated carbocycles. The molecule has 0 aliphatic heterocycles. The molecule has 0 spiro atoms. The maximum absolute atomic E-state index is 5.54. The Morgan fingerprint density at radius 3 is 2.92 bits per heavy atom. The van der Waals surface area contributed by atoms with Gasteiger partial charge >= 0.3 is 0 Å². The standard InChI is InChI=1S/C8H15N3OS/c1-6-7(5-9)13-8(11-6)10-3-4-12-2/h3-5,9H2,1-2H3,(H,10,11). The molecule has 13 heavy (non-hydrogen) atoms. The Morgan fingerprint density at radius 2 is 2.38 bits per heavy atom. The van der Waals surface area contributed by atoms with E-state index in [1.54, 1.807) is 18.4 Å². The number of hydrogen-bond acceptors (Lipinski definition) is 5. The average molecular weight is 201 g/mol. The van der Waals surface area contributed by atoms with Gasteiger partial charge in [-0.2, -0.15) is 0 Å². The lowest BCUT2D eigenvalue weighted by atomic mass is 10.4. The van der Waals surface area contributed by atoms with E-state index < -0.39 is 0 Å². The Hall–Kier alpha value is -0.650.